The summed E-state index contributed by atoms with van der Waals surface area (Å²) < 4.78 is 1.68. The summed E-state index contributed by atoms with van der Waals surface area (Å²) in [6.45, 7) is 1.93. The molecule has 1 aromatic carbocycles. The molecule has 2 aromatic heterocycles. The van der Waals surface area contributed by atoms with Crippen LogP contribution in [-0.4, -0.2) is 31.2 Å². The third-order valence-electron chi connectivity index (χ3n) is 3.35. The summed E-state index contributed by atoms with van der Waals surface area (Å²) in [7, 11) is 1.75. The highest BCUT2D eigenvalue weighted by atomic mass is 35.5. The number of aromatic nitrogens is 4. The molecule has 1 amide bonds. The number of H-pyrrole nitrogens is 1. The summed E-state index contributed by atoms with van der Waals surface area (Å²) >= 11 is 7.32. The van der Waals surface area contributed by atoms with Crippen molar-refractivity contribution < 1.29 is 4.79 Å². The number of nitrogens with one attached hydrogen (secondary N) is 2. The molecular weight excluding hydrogens is 350 g/mol. The van der Waals surface area contributed by atoms with E-state index in [0.29, 0.717) is 21.5 Å². The molecule has 0 saturated carbocycles. The van der Waals surface area contributed by atoms with Crippen molar-refractivity contribution in [2.75, 3.05) is 11.1 Å². The zero-order chi connectivity index (χ0) is 17.3. The summed E-state index contributed by atoms with van der Waals surface area (Å²) in [4.78, 5) is 34.6. The number of halogens is 1. The predicted octanol–water partition coefficient (Wildman–Crippen LogP) is 2.35. The fourth-order valence-corrected chi connectivity index (χ4v) is 3.21. The summed E-state index contributed by atoms with van der Waals surface area (Å²) in [6, 6.07) is 5.42. The predicted molar refractivity (Wildman–Crippen MR) is 94.7 cm³/mol. The molecule has 3 aromatic rings. The number of aromatic amines is 1. The molecule has 2 heterocycles. The van der Waals surface area contributed by atoms with Crippen LogP contribution in [0.2, 0.25) is 5.02 Å². The highest BCUT2D eigenvalue weighted by Crippen LogP contribution is 2.24. The molecule has 0 atom stereocenters. The summed E-state index contributed by atoms with van der Waals surface area (Å²) in [5, 5.41) is 3.79. The van der Waals surface area contributed by atoms with Crippen LogP contribution >= 0.6 is 23.4 Å². The Hall–Kier alpha value is -2.32. The van der Waals surface area contributed by atoms with E-state index in [1.54, 1.807) is 23.7 Å². The van der Waals surface area contributed by atoms with Crippen molar-refractivity contribution in [3.05, 3.63) is 45.5 Å². The Kier molecular flexibility index (Phi) is 4.59. The number of benzene rings is 1. The zero-order valence-electron chi connectivity index (χ0n) is 13.0. The van der Waals surface area contributed by atoms with Gasteiger partial charge in [-0.05, 0) is 24.6 Å². The lowest BCUT2D eigenvalue weighted by Crippen LogP contribution is -2.14. The van der Waals surface area contributed by atoms with E-state index in [1.807, 2.05) is 13.0 Å². The molecule has 0 radical (unpaired) electrons. The lowest BCUT2D eigenvalue weighted by Gasteiger charge is -2.07. The maximum absolute atomic E-state index is 12.1. The van der Waals surface area contributed by atoms with Crippen molar-refractivity contribution in [1.82, 2.24) is 19.5 Å². The van der Waals surface area contributed by atoms with Crippen molar-refractivity contribution in [2.45, 2.75) is 12.1 Å². The first-order chi connectivity index (χ1) is 11.5. The normalized spacial score (nSPS) is 11.0. The number of aryl methyl sites for hydroxylation is 2. The second-order valence-electron chi connectivity index (χ2n) is 5.18. The van der Waals surface area contributed by atoms with Gasteiger partial charge in [0.2, 0.25) is 5.91 Å². The fourth-order valence-electron chi connectivity index (χ4n) is 2.16. The Labute approximate surface area is 146 Å². The molecule has 2 N–H and O–H groups in total. The largest absolute Gasteiger partial charge is 0.324 e. The van der Waals surface area contributed by atoms with Crippen LogP contribution in [0, 0.1) is 6.92 Å². The van der Waals surface area contributed by atoms with E-state index in [0.717, 1.165) is 5.56 Å². The Bertz CT molecular complexity index is 982. The molecule has 124 valence electrons. The molecule has 24 heavy (non-hydrogen) atoms. The molecule has 0 aliphatic rings. The third-order valence-corrected chi connectivity index (χ3v) is 4.70. The number of carbonyl (C=O) groups is 1. The van der Waals surface area contributed by atoms with Gasteiger partial charge in [0.15, 0.2) is 16.3 Å². The average Bonchev–Trinajstić information content (AvgIpc) is 2.86. The molecule has 7 nitrogen and oxygen atoms in total. The Morgan fingerprint density at radius 2 is 2.25 bits per heavy atom. The van der Waals surface area contributed by atoms with Gasteiger partial charge in [-0.3, -0.25) is 9.59 Å². The molecule has 0 bridgehead atoms. The molecule has 3 rings (SSSR count). The van der Waals surface area contributed by atoms with E-state index in [9.17, 15) is 9.59 Å². The van der Waals surface area contributed by atoms with Gasteiger partial charge in [-0.15, -0.1) is 0 Å². The van der Waals surface area contributed by atoms with E-state index in [4.69, 9.17) is 11.6 Å². The zero-order valence-corrected chi connectivity index (χ0v) is 14.5. The van der Waals surface area contributed by atoms with E-state index in [2.05, 4.69) is 20.3 Å². The van der Waals surface area contributed by atoms with E-state index < -0.39 is 0 Å². The maximum Gasteiger partial charge on any atom is 0.278 e. The SMILES string of the molecule is Cc1ccc(NC(=O)CSc2nc3c(=O)[nH]cnc3n2C)c(Cl)c1. The van der Waals surface area contributed by atoms with Crippen LogP contribution in [0.25, 0.3) is 11.2 Å². The van der Waals surface area contributed by atoms with Crippen LogP contribution in [0.5, 0.6) is 0 Å². The van der Waals surface area contributed by atoms with Gasteiger partial charge in [0.1, 0.15) is 0 Å². The number of hydrogen-bond donors (Lipinski definition) is 2. The molecule has 0 fully saturated rings. The van der Waals surface area contributed by atoms with Gasteiger partial charge < -0.3 is 14.9 Å². The lowest BCUT2D eigenvalue weighted by atomic mass is 10.2. The molecule has 9 heteroatoms. The van der Waals surface area contributed by atoms with Crippen LogP contribution in [0.3, 0.4) is 0 Å². The van der Waals surface area contributed by atoms with Crippen molar-refractivity contribution in [3.63, 3.8) is 0 Å². The molecule has 0 unspecified atom stereocenters. The third kappa shape index (κ3) is 3.29. The number of rotatable bonds is 4. The Morgan fingerprint density at radius 1 is 1.46 bits per heavy atom. The number of anilines is 1. The first kappa shape index (κ1) is 16.5. The molecule has 0 aliphatic carbocycles. The number of carbonyl (C=O) groups excluding carboxylic acids is 1. The molecule has 0 saturated heterocycles. The monoisotopic (exact) mass is 363 g/mol. The van der Waals surface area contributed by atoms with Crippen LogP contribution < -0.4 is 10.9 Å². The van der Waals surface area contributed by atoms with Crippen LogP contribution in [-0.2, 0) is 11.8 Å². The fraction of sp³-hybridized carbons (Fsp3) is 0.200. The number of imidazole rings is 1. The average molecular weight is 364 g/mol. The summed E-state index contributed by atoms with van der Waals surface area (Å²) in [5.41, 5.74) is 2.01. The summed E-state index contributed by atoms with van der Waals surface area (Å²) in [6.07, 6.45) is 1.33. The first-order valence-corrected chi connectivity index (χ1v) is 8.41. The topological polar surface area (TPSA) is 92.7 Å². The van der Waals surface area contributed by atoms with Gasteiger partial charge in [-0.25, -0.2) is 9.97 Å². The smallest absolute Gasteiger partial charge is 0.278 e. The number of nitrogens with zero attached hydrogens (tertiary/aromatic N) is 3. The van der Waals surface area contributed by atoms with Gasteiger partial charge in [0, 0.05) is 7.05 Å². The van der Waals surface area contributed by atoms with Crippen molar-refractivity contribution in [1.29, 1.82) is 0 Å². The standard InChI is InChI=1S/C15H14ClN5O2S/c1-8-3-4-10(9(16)5-8)19-11(22)6-24-15-20-12-13(21(15)2)17-7-18-14(12)23/h3-5,7H,6H2,1-2H3,(H,19,22)(H,17,18,23). The number of thioether (sulfide) groups is 1. The molecule has 0 spiro atoms. The van der Waals surface area contributed by atoms with E-state index in [-0.39, 0.29) is 22.7 Å². The molecular formula is C15H14ClN5O2S. The maximum atomic E-state index is 12.1. The van der Waals surface area contributed by atoms with Crippen LogP contribution in [0.15, 0.2) is 34.5 Å². The highest BCUT2D eigenvalue weighted by Gasteiger charge is 2.14. The van der Waals surface area contributed by atoms with E-state index >= 15 is 0 Å². The van der Waals surface area contributed by atoms with Gasteiger partial charge in [-0.2, -0.15) is 0 Å². The number of fused-ring (bicyclic) bond motifs is 1. The van der Waals surface area contributed by atoms with Gasteiger partial charge in [-0.1, -0.05) is 29.4 Å². The first-order valence-electron chi connectivity index (χ1n) is 7.04. The van der Waals surface area contributed by atoms with Gasteiger partial charge in [0.25, 0.3) is 5.56 Å². The lowest BCUT2D eigenvalue weighted by molar-refractivity contribution is -0.113. The Balaban J connectivity index is 1.71. The van der Waals surface area contributed by atoms with Crippen LogP contribution in [0.1, 0.15) is 5.56 Å². The van der Waals surface area contributed by atoms with Crippen LogP contribution in [0.4, 0.5) is 5.69 Å². The summed E-state index contributed by atoms with van der Waals surface area (Å²) in [5.74, 6) is -0.0705. The molecule has 0 aliphatic heterocycles. The quantitative estimate of drug-likeness (QED) is 0.694. The van der Waals surface area contributed by atoms with Crippen molar-refractivity contribution in [2.24, 2.45) is 7.05 Å². The van der Waals surface area contributed by atoms with Gasteiger partial charge in [0.05, 0.1) is 22.8 Å². The second kappa shape index (κ2) is 6.66. The number of amides is 1. The van der Waals surface area contributed by atoms with Crippen molar-refractivity contribution >= 4 is 46.1 Å². The van der Waals surface area contributed by atoms with Gasteiger partial charge >= 0.3 is 0 Å². The number of hydrogen-bond acceptors (Lipinski definition) is 5. The minimum absolute atomic E-state index is 0.138. The second-order valence-corrected chi connectivity index (χ2v) is 6.53. The van der Waals surface area contributed by atoms with Crippen molar-refractivity contribution in [3.8, 4) is 0 Å². The minimum Gasteiger partial charge on any atom is -0.324 e. The highest BCUT2D eigenvalue weighted by molar-refractivity contribution is 7.99. The van der Waals surface area contributed by atoms with E-state index in [1.165, 1.54) is 18.1 Å². The Morgan fingerprint density at radius 3 is 2.96 bits per heavy atom. The minimum atomic E-state index is -0.307.